The van der Waals surface area contributed by atoms with Gasteiger partial charge < -0.3 is 15.4 Å². The zero-order valence-corrected chi connectivity index (χ0v) is 11.7. The van der Waals surface area contributed by atoms with Gasteiger partial charge in [-0.2, -0.15) is 0 Å². The van der Waals surface area contributed by atoms with Gasteiger partial charge in [0.15, 0.2) is 0 Å². The monoisotopic (exact) mass is 272 g/mol. The highest BCUT2D eigenvalue weighted by atomic mass is 16.4. The summed E-state index contributed by atoms with van der Waals surface area (Å²) in [4.78, 5) is 11.6. The highest BCUT2D eigenvalue weighted by Gasteiger charge is 2.28. The minimum absolute atomic E-state index is 0.187. The molecule has 2 atom stereocenters. The second-order valence-corrected chi connectivity index (χ2v) is 5.58. The Balaban J connectivity index is 2.28. The summed E-state index contributed by atoms with van der Waals surface area (Å²) in [6.07, 6.45) is 3.24. The molecule has 0 saturated heterocycles. The van der Waals surface area contributed by atoms with Gasteiger partial charge in [-0.15, -0.1) is 0 Å². The molecule has 3 N–H and O–H groups in total. The molecule has 4 heteroatoms. The molecule has 0 bridgehead atoms. The summed E-state index contributed by atoms with van der Waals surface area (Å²) in [6.45, 7) is 1.93. The van der Waals surface area contributed by atoms with Crippen LogP contribution in [0.4, 0.5) is 0 Å². The first-order valence-corrected chi connectivity index (χ1v) is 7.22. The Morgan fingerprint density at radius 3 is 2.95 bits per heavy atom. The van der Waals surface area contributed by atoms with E-state index in [-0.39, 0.29) is 6.04 Å². The third-order valence-corrected chi connectivity index (χ3v) is 4.33. The number of nitrogens with zero attached hydrogens (tertiary/aromatic N) is 1. The number of carbonyl (C=O) groups is 1. The summed E-state index contributed by atoms with van der Waals surface area (Å²) >= 11 is 0. The molecule has 3 rings (SSSR count). The average Bonchev–Trinajstić information content (AvgIpc) is 2.74. The summed E-state index contributed by atoms with van der Waals surface area (Å²) in [6, 6.07) is 7.78. The fourth-order valence-electron chi connectivity index (χ4n) is 3.39. The van der Waals surface area contributed by atoms with Gasteiger partial charge in [-0.3, -0.25) is 0 Å². The first-order valence-electron chi connectivity index (χ1n) is 7.22. The molecule has 1 aromatic heterocycles. The normalized spacial score (nSPS) is 19.8. The minimum Gasteiger partial charge on any atom is -0.480 e. The van der Waals surface area contributed by atoms with E-state index in [2.05, 4.69) is 6.07 Å². The predicted molar refractivity (Wildman–Crippen MR) is 78.9 cm³/mol. The van der Waals surface area contributed by atoms with E-state index in [1.54, 1.807) is 0 Å². The number of carboxylic acids is 1. The SMILES string of the molecule is CCC(C(=O)O)n1c2c(c3ccccc31)C[C@H](N)CC2. The van der Waals surface area contributed by atoms with Crippen LogP contribution in [0.3, 0.4) is 0 Å². The van der Waals surface area contributed by atoms with Crippen molar-refractivity contribution in [3.8, 4) is 0 Å². The summed E-state index contributed by atoms with van der Waals surface area (Å²) in [5.41, 5.74) is 9.54. The number of rotatable bonds is 3. The fourth-order valence-corrected chi connectivity index (χ4v) is 3.39. The molecule has 1 aromatic carbocycles. The molecule has 0 radical (unpaired) electrons. The zero-order chi connectivity index (χ0) is 14.3. The maximum Gasteiger partial charge on any atom is 0.326 e. The van der Waals surface area contributed by atoms with Crippen molar-refractivity contribution < 1.29 is 9.90 Å². The number of nitrogens with two attached hydrogens (primary N) is 1. The number of hydrogen-bond acceptors (Lipinski definition) is 2. The number of fused-ring (bicyclic) bond motifs is 3. The number of carboxylic acid groups (broad SMARTS) is 1. The molecular weight excluding hydrogens is 252 g/mol. The topological polar surface area (TPSA) is 68.2 Å². The Kier molecular flexibility index (Phi) is 3.26. The van der Waals surface area contributed by atoms with Gasteiger partial charge >= 0.3 is 5.97 Å². The highest BCUT2D eigenvalue weighted by Crippen LogP contribution is 2.35. The van der Waals surface area contributed by atoms with Crippen molar-refractivity contribution in [2.75, 3.05) is 0 Å². The summed E-state index contributed by atoms with van der Waals surface area (Å²) < 4.78 is 2.03. The van der Waals surface area contributed by atoms with Crippen molar-refractivity contribution in [2.24, 2.45) is 5.73 Å². The van der Waals surface area contributed by atoms with Crippen molar-refractivity contribution in [2.45, 2.75) is 44.7 Å². The Morgan fingerprint density at radius 1 is 1.50 bits per heavy atom. The Labute approximate surface area is 118 Å². The maximum absolute atomic E-state index is 11.6. The lowest BCUT2D eigenvalue weighted by Gasteiger charge is -2.23. The van der Waals surface area contributed by atoms with Crippen LogP contribution >= 0.6 is 0 Å². The van der Waals surface area contributed by atoms with Gasteiger partial charge in [0.05, 0.1) is 0 Å². The fraction of sp³-hybridized carbons (Fsp3) is 0.438. The highest BCUT2D eigenvalue weighted by molar-refractivity contribution is 5.88. The van der Waals surface area contributed by atoms with Gasteiger partial charge in [-0.1, -0.05) is 25.1 Å². The maximum atomic E-state index is 11.6. The lowest BCUT2D eigenvalue weighted by atomic mass is 9.92. The van der Waals surface area contributed by atoms with E-state index in [9.17, 15) is 9.90 Å². The second-order valence-electron chi connectivity index (χ2n) is 5.58. The molecule has 0 amide bonds. The van der Waals surface area contributed by atoms with Crippen molar-refractivity contribution in [3.05, 3.63) is 35.5 Å². The lowest BCUT2D eigenvalue weighted by molar-refractivity contribution is -0.140. The second kappa shape index (κ2) is 4.94. The van der Waals surface area contributed by atoms with Gasteiger partial charge in [-0.05, 0) is 37.3 Å². The predicted octanol–water partition coefficient (Wildman–Crippen LogP) is 2.49. The largest absolute Gasteiger partial charge is 0.480 e. The number of aromatic nitrogens is 1. The van der Waals surface area contributed by atoms with Crippen LogP contribution in [0, 0.1) is 0 Å². The lowest BCUT2D eigenvalue weighted by Crippen LogP contribution is -2.29. The van der Waals surface area contributed by atoms with Gasteiger partial charge in [0.2, 0.25) is 0 Å². The zero-order valence-electron chi connectivity index (χ0n) is 11.7. The molecule has 2 aromatic rings. The van der Waals surface area contributed by atoms with E-state index in [4.69, 9.17) is 5.73 Å². The van der Waals surface area contributed by atoms with Crippen LogP contribution in [0.1, 0.15) is 37.1 Å². The van der Waals surface area contributed by atoms with E-state index in [1.165, 1.54) is 11.3 Å². The summed E-state index contributed by atoms with van der Waals surface area (Å²) in [5.74, 6) is -0.758. The molecule has 0 spiro atoms. The average molecular weight is 272 g/mol. The van der Waals surface area contributed by atoms with Crippen LogP contribution in [-0.2, 0) is 17.6 Å². The smallest absolute Gasteiger partial charge is 0.326 e. The van der Waals surface area contributed by atoms with Crippen LogP contribution in [0.2, 0.25) is 0 Å². The first-order chi connectivity index (χ1) is 9.63. The molecule has 20 heavy (non-hydrogen) atoms. The van der Waals surface area contributed by atoms with E-state index in [1.807, 2.05) is 29.7 Å². The van der Waals surface area contributed by atoms with Crippen LogP contribution in [0.15, 0.2) is 24.3 Å². The summed E-state index contributed by atoms with van der Waals surface area (Å²) in [5, 5.41) is 10.7. The van der Waals surface area contributed by atoms with Crippen LogP contribution in [0.5, 0.6) is 0 Å². The molecule has 0 aliphatic heterocycles. The van der Waals surface area contributed by atoms with Crippen LogP contribution in [0.25, 0.3) is 10.9 Å². The van der Waals surface area contributed by atoms with Gasteiger partial charge in [0, 0.05) is 22.6 Å². The molecule has 0 saturated carbocycles. The molecule has 106 valence electrons. The molecular formula is C16H20N2O2. The first kappa shape index (κ1) is 13.2. The van der Waals surface area contributed by atoms with Crippen molar-refractivity contribution in [1.29, 1.82) is 0 Å². The molecule has 1 aliphatic rings. The van der Waals surface area contributed by atoms with Gasteiger partial charge in [0.25, 0.3) is 0 Å². The number of hydrogen-bond donors (Lipinski definition) is 2. The summed E-state index contributed by atoms with van der Waals surface area (Å²) in [7, 11) is 0. The molecule has 1 unspecified atom stereocenters. The van der Waals surface area contributed by atoms with E-state index in [0.29, 0.717) is 6.42 Å². The van der Waals surface area contributed by atoms with E-state index < -0.39 is 12.0 Å². The quantitative estimate of drug-likeness (QED) is 0.902. The number of benzene rings is 1. The standard InChI is InChI=1S/C16H20N2O2/c1-2-13(16(19)20)18-14-6-4-3-5-11(14)12-9-10(17)7-8-15(12)18/h3-6,10,13H,2,7-9,17H2,1H3,(H,19,20)/t10-,13?/m1/s1. The Morgan fingerprint density at radius 2 is 2.25 bits per heavy atom. The van der Waals surface area contributed by atoms with Crippen molar-refractivity contribution in [3.63, 3.8) is 0 Å². The number of aliphatic carboxylic acids is 1. The Bertz CT molecular complexity index is 660. The number of para-hydroxylation sites is 1. The molecule has 1 aliphatic carbocycles. The van der Waals surface area contributed by atoms with Gasteiger partial charge in [-0.25, -0.2) is 4.79 Å². The Hall–Kier alpha value is -1.81. The van der Waals surface area contributed by atoms with Crippen LogP contribution in [-0.4, -0.2) is 21.7 Å². The van der Waals surface area contributed by atoms with Gasteiger partial charge in [0.1, 0.15) is 6.04 Å². The molecule has 4 nitrogen and oxygen atoms in total. The third-order valence-electron chi connectivity index (χ3n) is 4.33. The van der Waals surface area contributed by atoms with E-state index >= 15 is 0 Å². The van der Waals surface area contributed by atoms with Crippen LogP contribution < -0.4 is 5.73 Å². The third kappa shape index (κ3) is 1.91. The molecule has 0 fully saturated rings. The van der Waals surface area contributed by atoms with E-state index in [0.717, 1.165) is 30.2 Å². The van der Waals surface area contributed by atoms with Crippen molar-refractivity contribution >= 4 is 16.9 Å². The van der Waals surface area contributed by atoms with Crippen molar-refractivity contribution in [1.82, 2.24) is 4.57 Å². The minimum atomic E-state index is -0.758. The molecule has 1 heterocycles.